The number of likely N-dealkylation sites (tertiary alicyclic amines) is 1. The number of alkyl halides is 3. The molecule has 0 aromatic rings. The maximum absolute atomic E-state index is 12.5. The van der Waals surface area contributed by atoms with E-state index < -0.39 is 18.6 Å². The first kappa shape index (κ1) is 17.3. The summed E-state index contributed by atoms with van der Waals surface area (Å²) in [6.45, 7) is 6.46. The molecule has 1 amide bonds. The van der Waals surface area contributed by atoms with Crippen LogP contribution in [0.25, 0.3) is 0 Å². The molecule has 1 rings (SSSR count). The Bertz CT molecular complexity index is 318. The molecule has 20 heavy (non-hydrogen) atoms. The zero-order chi connectivity index (χ0) is 15.3. The molecule has 1 aliphatic heterocycles. The Morgan fingerprint density at radius 2 is 2.05 bits per heavy atom. The van der Waals surface area contributed by atoms with Gasteiger partial charge in [0.25, 0.3) is 0 Å². The molecule has 1 heterocycles. The van der Waals surface area contributed by atoms with Crippen LogP contribution in [0.5, 0.6) is 0 Å². The fourth-order valence-corrected chi connectivity index (χ4v) is 2.63. The molecule has 1 fully saturated rings. The lowest BCUT2D eigenvalue weighted by molar-refractivity contribution is -0.163. The third kappa shape index (κ3) is 6.59. The van der Waals surface area contributed by atoms with Gasteiger partial charge in [-0.1, -0.05) is 20.8 Å². The van der Waals surface area contributed by atoms with E-state index in [9.17, 15) is 18.0 Å². The number of hydrogen-bond donors (Lipinski definition) is 0. The van der Waals surface area contributed by atoms with Crippen molar-refractivity contribution in [2.45, 2.75) is 39.8 Å². The highest BCUT2D eigenvalue weighted by molar-refractivity contribution is 5.78. The van der Waals surface area contributed by atoms with Gasteiger partial charge in [0.15, 0.2) is 0 Å². The number of carbonyl (C=O) groups is 1. The van der Waals surface area contributed by atoms with E-state index in [0.717, 1.165) is 30.8 Å². The van der Waals surface area contributed by atoms with Gasteiger partial charge in [0.2, 0.25) is 5.91 Å². The number of hydrogen-bond acceptors (Lipinski definition) is 2. The standard InChI is InChI=1S/C14H25F3N2O/c1-11(2)7-19(10-14(15,16)17)13(20)9-18-6-4-5-12(3)8-18/h11-12H,4-10H2,1-3H3. The van der Waals surface area contributed by atoms with Gasteiger partial charge < -0.3 is 4.90 Å². The molecule has 0 aliphatic carbocycles. The lowest BCUT2D eigenvalue weighted by Crippen LogP contribution is -2.47. The molecule has 0 aromatic carbocycles. The van der Waals surface area contributed by atoms with E-state index in [2.05, 4.69) is 6.92 Å². The highest BCUT2D eigenvalue weighted by atomic mass is 19.4. The molecule has 1 aliphatic rings. The van der Waals surface area contributed by atoms with Crippen molar-refractivity contribution in [2.75, 3.05) is 32.7 Å². The van der Waals surface area contributed by atoms with Crippen molar-refractivity contribution in [3.63, 3.8) is 0 Å². The summed E-state index contributed by atoms with van der Waals surface area (Å²) in [7, 11) is 0. The Morgan fingerprint density at radius 1 is 1.40 bits per heavy atom. The maximum Gasteiger partial charge on any atom is 0.406 e. The van der Waals surface area contributed by atoms with Crippen LogP contribution in [0.15, 0.2) is 0 Å². The molecular formula is C14H25F3N2O. The zero-order valence-electron chi connectivity index (χ0n) is 12.5. The predicted octanol–water partition coefficient (Wildman–Crippen LogP) is 2.77. The fraction of sp³-hybridized carbons (Fsp3) is 0.929. The second-order valence-electron chi connectivity index (χ2n) is 6.27. The average Bonchev–Trinajstić information content (AvgIpc) is 2.25. The molecule has 0 saturated carbocycles. The van der Waals surface area contributed by atoms with Crippen molar-refractivity contribution in [3.8, 4) is 0 Å². The van der Waals surface area contributed by atoms with Crippen LogP contribution in [0.2, 0.25) is 0 Å². The fourth-order valence-electron chi connectivity index (χ4n) is 2.63. The van der Waals surface area contributed by atoms with Gasteiger partial charge in [0, 0.05) is 13.1 Å². The summed E-state index contributed by atoms with van der Waals surface area (Å²) < 4.78 is 37.6. The van der Waals surface area contributed by atoms with Crippen LogP contribution in [0.1, 0.15) is 33.6 Å². The van der Waals surface area contributed by atoms with Crippen LogP contribution in [0.4, 0.5) is 13.2 Å². The third-order valence-corrected chi connectivity index (χ3v) is 3.41. The van der Waals surface area contributed by atoms with Crippen LogP contribution in [0.3, 0.4) is 0 Å². The Kier molecular flexibility index (Phi) is 6.30. The Balaban J connectivity index is 2.57. The summed E-state index contributed by atoms with van der Waals surface area (Å²) in [5.41, 5.74) is 0. The van der Waals surface area contributed by atoms with Gasteiger partial charge in [0.05, 0.1) is 6.54 Å². The lowest BCUT2D eigenvalue weighted by Gasteiger charge is -2.33. The Hall–Kier alpha value is -0.780. The van der Waals surface area contributed by atoms with E-state index in [1.165, 1.54) is 0 Å². The minimum Gasteiger partial charge on any atom is -0.332 e. The van der Waals surface area contributed by atoms with Crippen LogP contribution >= 0.6 is 0 Å². The van der Waals surface area contributed by atoms with Crippen molar-refractivity contribution in [1.82, 2.24) is 9.80 Å². The van der Waals surface area contributed by atoms with Crippen molar-refractivity contribution in [3.05, 3.63) is 0 Å². The van der Waals surface area contributed by atoms with E-state index in [0.29, 0.717) is 5.92 Å². The third-order valence-electron chi connectivity index (χ3n) is 3.41. The van der Waals surface area contributed by atoms with E-state index in [1.807, 2.05) is 18.7 Å². The van der Waals surface area contributed by atoms with Gasteiger partial charge in [-0.15, -0.1) is 0 Å². The van der Waals surface area contributed by atoms with Gasteiger partial charge in [-0.2, -0.15) is 13.2 Å². The Morgan fingerprint density at radius 3 is 2.55 bits per heavy atom. The van der Waals surface area contributed by atoms with Crippen molar-refractivity contribution < 1.29 is 18.0 Å². The van der Waals surface area contributed by atoms with Gasteiger partial charge in [-0.25, -0.2) is 0 Å². The van der Waals surface area contributed by atoms with Crippen molar-refractivity contribution in [1.29, 1.82) is 0 Å². The van der Waals surface area contributed by atoms with Crippen molar-refractivity contribution in [2.24, 2.45) is 11.8 Å². The van der Waals surface area contributed by atoms with Crippen molar-refractivity contribution >= 4 is 5.91 Å². The Labute approximate surface area is 119 Å². The number of nitrogens with zero attached hydrogens (tertiary/aromatic N) is 2. The van der Waals surface area contributed by atoms with Gasteiger partial charge in [0.1, 0.15) is 6.54 Å². The second kappa shape index (κ2) is 7.29. The maximum atomic E-state index is 12.5. The normalized spacial score (nSPS) is 21.2. The van der Waals surface area contributed by atoms with Crippen LogP contribution in [-0.4, -0.2) is 54.6 Å². The van der Waals surface area contributed by atoms with E-state index in [4.69, 9.17) is 0 Å². The van der Waals surface area contributed by atoms with Gasteiger partial charge in [-0.05, 0) is 31.2 Å². The molecule has 3 nitrogen and oxygen atoms in total. The highest BCUT2D eigenvalue weighted by Gasteiger charge is 2.33. The topological polar surface area (TPSA) is 23.6 Å². The summed E-state index contributed by atoms with van der Waals surface area (Å²) in [6, 6.07) is 0. The largest absolute Gasteiger partial charge is 0.406 e. The van der Waals surface area contributed by atoms with Crippen LogP contribution in [0, 0.1) is 11.8 Å². The molecule has 0 aromatic heterocycles. The van der Waals surface area contributed by atoms with E-state index in [1.54, 1.807) is 0 Å². The quantitative estimate of drug-likeness (QED) is 0.778. The summed E-state index contributed by atoms with van der Waals surface area (Å²) >= 11 is 0. The number of halogens is 3. The lowest BCUT2D eigenvalue weighted by atomic mass is 10.0. The molecule has 0 N–H and O–H groups in total. The molecule has 0 bridgehead atoms. The summed E-state index contributed by atoms with van der Waals surface area (Å²) in [6.07, 6.45) is -2.19. The summed E-state index contributed by atoms with van der Waals surface area (Å²) in [5, 5.41) is 0. The van der Waals surface area contributed by atoms with Gasteiger partial charge in [-0.3, -0.25) is 9.69 Å². The molecule has 6 heteroatoms. The zero-order valence-corrected chi connectivity index (χ0v) is 12.5. The first-order valence-corrected chi connectivity index (χ1v) is 7.24. The monoisotopic (exact) mass is 294 g/mol. The second-order valence-corrected chi connectivity index (χ2v) is 6.27. The first-order valence-electron chi connectivity index (χ1n) is 7.24. The first-order chi connectivity index (χ1) is 9.17. The summed E-state index contributed by atoms with van der Waals surface area (Å²) in [5.74, 6) is 0.129. The van der Waals surface area contributed by atoms with E-state index >= 15 is 0 Å². The van der Waals surface area contributed by atoms with E-state index in [-0.39, 0.29) is 19.0 Å². The molecule has 0 spiro atoms. The number of carbonyl (C=O) groups excluding carboxylic acids is 1. The molecule has 1 saturated heterocycles. The number of amides is 1. The summed E-state index contributed by atoms with van der Waals surface area (Å²) in [4.78, 5) is 15.0. The molecule has 1 unspecified atom stereocenters. The predicted molar refractivity (Wildman–Crippen MR) is 72.3 cm³/mol. The van der Waals surface area contributed by atoms with Crippen LogP contribution in [-0.2, 0) is 4.79 Å². The molecule has 0 radical (unpaired) electrons. The van der Waals surface area contributed by atoms with Gasteiger partial charge >= 0.3 is 6.18 Å². The minimum atomic E-state index is -4.33. The molecule has 118 valence electrons. The minimum absolute atomic E-state index is 0.0292. The average molecular weight is 294 g/mol. The smallest absolute Gasteiger partial charge is 0.332 e. The van der Waals surface area contributed by atoms with Crippen LogP contribution < -0.4 is 0 Å². The number of rotatable bonds is 5. The number of piperidine rings is 1. The molecular weight excluding hydrogens is 269 g/mol. The SMILES string of the molecule is CC(C)CN(CC(F)(F)F)C(=O)CN1CCCC(C)C1. The highest BCUT2D eigenvalue weighted by Crippen LogP contribution is 2.19. The molecule has 1 atom stereocenters.